The first-order valence-corrected chi connectivity index (χ1v) is 8.53. The van der Waals surface area contributed by atoms with E-state index >= 15 is 0 Å². The van der Waals surface area contributed by atoms with Crippen LogP contribution in [0.1, 0.15) is 29.2 Å². The normalized spacial score (nSPS) is 11.7. The van der Waals surface area contributed by atoms with Crippen LogP contribution in [-0.2, 0) is 22.6 Å². The van der Waals surface area contributed by atoms with Crippen molar-refractivity contribution in [3.05, 3.63) is 70.8 Å². The Bertz CT molecular complexity index is 721. The van der Waals surface area contributed by atoms with Gasteiger partial charge in [0.2, 0.25) is 11.8 Å². The highest BCUT2D eigenvalue weighted by molar-refractivity contribution is 5.88. The summed E-state index contributed by atoms with van der Waals surface area (Å²) in [6.07, 6.45) is 0.285. The van der Waals surface area contributed by atoms with Gasteiger partial charge in [-0.25, -0.2) is 0 Å². The number of hydrogen-bond acceptors (Lipinski definition) is 2. The lowest BCUT2D eigenvalue weighted by atomic mass is 10.1. The van der Waals surface area contributed by atoms with Crippen molar-refractivity contribution in [3.8, 4) is 0 Å². The molecule has 0 aliphatic carbocycles. The summed E-state index contributed by atoms with van der Waals surface area (Å²) in [6.45, 7) is 6.22. The van der Waals surface area contributed by atoms with Gasteiger partial charge < -0.3 is 10.2 Å². The predicted molar refractivity (Wildman–Crippen MR) is 100 cm³/mol. The van der Waals surface area contributed by atoms with E-state index in [-0.39, 0.29) is 18.2 Å². The topological polar surface area (TPSA) is 49.4 Å². The Hall–Kier alpha value is -2.62. The minimum Gasteiger partial charge on any atom is -0.357 e. The van der Waals surface area contributed by atoms with Crippen LogP contribution in [0.15, 0.2) is 48.5 Å². The summed E-state index contributed by atoms with van der Waals surface area (Å²) in [5.41, 5.74) is 4.29. The summed E-state index contributed by atoms with van der Waals surface area (Å²) in [4.78, 5) is 26.6. The standard InChI is InChI=1S/C21H26N2O2/c1-15-5-9-18(10-6-15)13-20(24)23(17(3)21(25)22-4)14-19-11-7-16(2)8-12-19/h5-12,17H,13-14H2,1-4H3,(H,22,25)/t17-/m0/s1. The van der Waals surface area contributed by atoms with Crippen LogP contribution < -0.4 is 5.32 Å². The SMILES string of the molecule is CNC(=O)[C@H](C)N(Cc1ccc(C)cc1)C(=O)Cc1ccc(C)cc1. The van der Waals surface area contributed by atoms with E-state index in [9.17, 15) is 9.59 Å². The molecule has 2 rings (SSSR count). The molecule has 132 valence electrons. The number of likely N-dealkylation sites (N-methyl/N-ethyl adjacent to an activating group) is 1. The summed E-state index contributed by atoms with van der Waals surface area (Å²) < 4.78 is 0. The molecule has 0 bridgehead atoms. The van der Waals surface area contributed by atoms with Gasteiger partial charge in [-0.2, -0.15) is 0 Å². The fraction of sp³-hybridized carbons (Fsp3) is 0.333. The van der Waals surface area contributed by atoms with Crippen LogP contribution >= 0.6 is 0 Å². The fourth-order valence-electron chi connectivity index (χ4n) is 2.66. The monoisotopic (exact) mass is 338 g/mol. The van der Waals surface area contributed by atoms with Crippen molar-refractivity contribution in [1.29, 1.82) is 0 Å². The average Bonchev–Trinajstić information content (AvgIpc) is 2.61. The van der Waals surface area contributed by atoms with Gasteiger partial charge in [0.1, 0.15) is 6.04 Å². The van der Waals surface area contributed by atoms with Crippen LogP contribution in [0.4, 0.5) is 0 Å². The maximum absolute atomic E-state index is 12.9. The number of rotatable bonds is 6. The summed E-state index contributed by atoms with van der Waals surface area (Å²) >= 11 is 0. The number of hydrogen-bond donors (Lipinski definition) is 1. The van der Waals surface area contributed by atoms with Gasteiger partial charge in [0.15, 0.2) is 0 Å². The van der Waals surface area contributed by atoms with E-state index in [1.807, 2.05) is 62.4 Å². The molecular weight excluding hydrogens is 312 g/mol. The second-order valence-electron chi connectivity index (χ2n) is 6.46. The molecular formula is C21H26N2O2. The van der Waals surface area contributed by atoms with Gasteiger partial charge in [-0.05, 0) is 31.9 Å². The number of carbonyl (C=O) groups is 2. The van der Waals surface area contributed by atoms with Crippen LogP contribution in [0.5, 0.6) is 0 Å². The summed E-state index contributed by atoms with van der Waals surface area (Å²) in [5, 5.41) is 2.63. The first kappa shape index (κ1) is 18.7. The van der Waals surface area contributed by atoms with Crippen LogP contribution in [0.2, 0.25) is 0 Å². The maximum atomic E-state index is 12.9. The Morgan fingerprint density at radius 3 is 1.88 bits per heavy atom. The zero-order valence-electron chi connectivity index (χ0n) is 15.4. The summed E-state index contributed by atoms with van der Waals surface area (Å²) in [7, 11) is 1.59. The average molecular weight is 338 g/mol. The van der Waals surface area contributed by atoms with Gasteiger partial charge in [-0.3, -0.25) is 9.59 Å². The molecule has 0 heterocycles. The maximum Gasteiger partial charge on any atom is 0.242 e. The predicted octanol–water partition coefficient (Wildman–Crippen LogP) is 3.01. The van der Waals surface area contributed by atoms with Gasteiger partial charge in [0, 0.05) is 13.6 Å². The highest BCUT2D eigenvalue weighted by Crippen LogP contribution is 2.13. The van der Waals surface area contributed by atoms with Crippen molar-refractivity contribution in [3.63, 3.8) is 0 Å². The Morgan fingerprint density at radius 1 is 0.920 bits per heavy atom. The molecule has 2 amide bonds. The second kappa shape index (κ2) is 8.47. The minimum absolute atomic E-state index is 0.0551. The van der Waals surface area contributed by atoms with Crippen molar-refractivity contribution < 1.29 is 9.59 Å². The van der Waals surface area contributed by atoms with Gasteiger partial charge in [-0.1, -0.05) is 59.7 Å². The molecule has 0 aliphatic rings. The quantitative estimate of drug-likeness (QED) is 0.880. The lowest BCUT2D eigenvalue weighted by molar-refractivity contribution is -0.139. The molecule has 0 saturated carbocycles. The molecule has 0 unspecified atom stereocenters. The number of aryl methyl sites for hydroxylation is 2. The molecule has 0 spiro atoms. The molecule has 2 aromatic rings. The third-order valence-corrected chi connectivity index (χ3v) is 4.36. The van der Waals surface area contributed by atoms with E-state index in [1.165, 1.54) is 5.56 Å². The third kappa shape index (κ3) is 5.18. The van der Waals surface area contributed by atoms with Crippen molar-refractivity contribution >= 4 is 11.8 Å². The van der Waals surface area contributed by atoms with E-state index in [4.69, 9.17) is 0 Å². The van der Waals surface area contributed by atoms with Gasteiger partial charge in [0.05, 0.1) is 6.42 Å². The fourth-order valence-corrected chi connectivity index (χ4v) is 2.66. The van der Waals surface area contributed by atoms with Gasteiger partial charge in [-0.15, -0.1) is 0 Å². The largest absolute Gasteiger partial charge is 0.357 e. The zero-order chi connectivity index (χ0) is 18.4. The minimum atomic E-state index is -0.524. The lowest BCUT2D eigenvalue weighted by Crippen LogP contribution is -2.47. The van der Waals surface area contributed by atoms with E-state index in [1.54, 1.807) is 18.9 Å². The molecule has 2 aromatic carbocycles. The van der Waals surface area contributed by atoms with Crippen molar-refractivity contribution in [2.45, 2.75) is 39.8 Å². The number of benzene rings is 2. The molecule has 1 N–H and O–H groups in total. The highest BCUT2D eigenvalue weighted by atomic mass is 16.2. The second-order valence-corrected chi connectivity index (χ2v) is 6.46. The molecule has 4 heteroatoms. The molecule has 0 radical (unpaired) electrons. The molecule has 25 heavy (non-hydrogen) atoms. The molecule has 4 nitrogen and oxygen atoms in total. The van der Waals surface area contributed by atoms with Gasteiger partial charge >= 0.3 is 0 Å². The lowest BCUT2D eigenvalue weighted by Gasteiger charge is -2.28. The van der Waals surface area contributed by atoms with Crippen LogP contribution in [0.25, 0.3) is 0 Å². The zero-order valence-corrected chi connectivity index (χ0v) is 15.4. The van der Waals surface area contributed by atoms with Crippen molar-refractivity contribution in [1.82, 2.24) is 10.2 Å². The Balaban J connectivity index is 2.20. The van der Waals surface area contributed by atoms with Crippen LogP contribution in [-0.4, -0.2) is 29.8 Å². The number of nitrogens with one attached hydrogen (secondary N) is 1. The van der Waals surface area contributed by atoms with Crippen molar-refractivity contribution in [2.24, 2.45) is 0 Å². The third-order valence-electron chi connectivity index (χ3n) is 4.36. The Kier molecular flexibility index (Phi) is 6.34. The summed E-state index contributed by atoms with van der Waals surface area (Å²) in [6, 6.07) is 15.4. The Labute approximate surface area is 149 Å². The molecule has 1 atom stereocenters. The molecule has 0 aromatic heterocycles. The van der Waals surface area contributed by atoms with Crippen LogP contribution in [0.3, 0.4) is 0 Å². The van der Waals surface area contributed by atoms with E-state index in [0.29, 0.717) is 6.54 Å². The van der Waals surface area contributed by atoms with E-state index in [0.717, 1.165) is 16.7 Å². The molecule has 0 saturated heterocycles. The first-order valence-electron chi connectivity index (χ1n) is 8.53. The molecule has 0 fully saturated rings. The molecule has 0 aliphatic heterocycles. The Morgan fingerprint density at radius 2 is 1.40 bits per heavy atom. The van der Waals surface area contributed by atoms with E-state index in [2.05, 4.69) is 5.32 Å². The highest BCUT2D eigenvalue weighted by Gasteiger charge is 2.25. The number of nitrogens with zero attached hydrogens (tertiary/aromatic N) is 1. The summed E-state index contributed by atoms with van der Waals surface area (Å²) in [5.74, 6) is -0.218. The van der Waals surface area contributed by atoms with E-state index < -0.39 is 6.04 Å². The first-order chi connectivity index (χ1) is 11.9. The smallest absolute Gasteiger partial charge is 0.242 e. The van der Waals surface area contributed by atoms with Gasteiger partial charge in [0.25, 0.3) is 0 Å². The van der Waals surface area contributed by atoms with Crippen LogP contribution in [0, 0.1) is 13.8 Å². The number of carbonyl (C=O) groups excluding carboxylic acids is 2. The van der Waals surface area contributed by atoms with Crippen molar-refractivity contribution in [2.75, 3.05) is 7.05 Å². The number of amides is 2.